The van der Waals surface area contributed by atoms with Gasteiger partial charge in [-0.1, -0.05) is 73.6 Å². The predicted octanol–water partition coefficient (Wildman–Crippen LogP) is 7.13. The summed E-state index contributed by atoms with van der Waals surface area (Å²) in [5.74, 6) is -2.20. The van der Waals surface area contributed by atoms with Crippen LogP contribution in [0.15, 0.2) is 0 Å². The highest BCUT2D eigenvalue weighted by atomic mass is 16.2. The van der Waals surface area contributed by atoms with E-state index in [9.17, 15) is 24.0 Å². The molecule has 2 aliphatic heterocycles. The Labute approximate surface area is 325 Å². The zero-order valence-corrected chi connectivity index (χ0v) is 34.7. The quantitative estimate of drug-likeness (QED) is 0.167. The molecule has 302 valence electrons. The Morgan fingerprint density at radius 2 is 1.54 bits per heavy atom. The molecule has 6 rings (SSSR count). The van der Waals surface area contributed by atoms with Crippen molar-refractivity contribution in [2.24, 2.45) is 51.2 Å². The Morgan fingerprint density at radius 3 is 2.09 bits per heavy atom. The van der Waals surface area contributed by atoms with Crippen LogP contribution in [0, 0.1) is 51.2 Å². The van der Waals surface area contributed by atoms with Crippen molar-refractivity contribution >= 4 is 34.9 Å². The van der Waals surface area contributed by atoms with Gasteiger partial charge in [0.05, 0.1) is 18.0 Å². The number of nitrogens with one attached hydrogen (secondary N) is 1. The molecule has 2 saturated heterocycles. The number of nitrogens with zero attached hydrogens (tertiary/aromatic N) is 2. The van der Waals surface area contributed by atoms with Crippen molar-refractivity contribution in [1.29, 1.82) is 0 Å². The van der Waals surface area contributed by atoms with Crippen molar-refractivity contribution in [2.45, 2.75) is 169 Å². The van der Waals surface area contributed by atoms with Gasteiger partial charge in [-0.2, -0.15) is 0 Å². The summed E-state index contributed by atoms with van der Waals surface area (Å²) in [6, 6.07) is -1.39. The van der Waals surface area contributed by atoms with Crippen LogP contribution in [0.2, 0.25) is 0 Å². The molecule has 4 aliphatic carbocycles. The van der Waals surface area contributed by atoms with E-state index in [2.05, 4.69) is 24.1 Å². The SMILES string of the molecule is CCC[C@H](CC(=O)[C@@H]1C[C@@]2(CN1C(=O)[C@@H](CC(=O)[C@@H](NC(=O)[C@H]1CCCN(C)C1)C(C)(C)C)C1CCCCC1)C(C)(C)C21CCC1)C(=O)C(=O)CC1CC1. The molecule has 9 nitrogen and oxygen atoms in total. The summed E-state index contributed by atoms with van der Waals surface area (Å²) in [5.41, 5.74) is -0.625. The number of hydrogen-bond acceptors (Lipinski definition) is 7. The smallest absolute Gasteiger partial charge is 0.227 e. The van der Waals surface area contributed by atoms with E-state index in [-0.39, 0.29) is 76.5 Å². The Bertz CT molecular complexity index is 1470. The van der Waals surface area contributed by atoms with Crippen molar-refractivity contribution in [1.82, 2.24) is 15.1 Å². The largest absolute Gasteiger partial charge is 0.345 e. The zero-order chi connectivity index (χ0) is 39.2. The monoisotopic (exact) mass is 750 g/mol. The normalized spacial score (nSPS) is 29.6. The summed E-state index contributed by atoms with van der Waals surface area (Å²) in [6.45, 7) is 14.7. The maximum absolute atomic E-state index is 15.3. The first-order valence-electron chi connectivity index (χ1n) is 21.9. The summed E-state index contributed by atoms with van der Waals surface area (Å²) in [7, 11) is 2.03. The Morgan fingerprint density at radius 1 is 0.852 bits per heavy atom. The molecule has 2 heterocycles. The van der Waals surface area contributed by atoms with Gasteiger partial charge in [0.2, 0.25) is 17.6 Å². The number of piperidine rings is 1. The van der Waals surface area contributed by atoms with Crippen LogP contribution in [-0.2, 0) is 28.8 Å². The number of fused-ring (bicyclic) bond motifs is 1. The van der Waals surface area contributed by atoms with Gasteiger partial charge in [0.25, 0.3) is 0 Å². The second-order valence-electron chi connectivity index (χ2n) is 20.5. The van der Waals surface area contributed by atoms with Gasteiger partial charge >= 0.3 is 0 Å². The number of carbonyl (C=O) groups is 6. The minimum Gasteiger partial charge on any atom is -0.345 e. The lowest BCUT2D eigenvalue weighted by Crippen LogP contribution is -2.54. The van der Waals surface area contributed by atoms with Crippen LogP contribution in [0.4, 0.5) is 0 Å². The number of Topliss-reactive ketones (excluding diaryl/α,β-unsaturated/α-hetero) is 4. The fourth-order valence-corrected chi connectivity index (χ4v) is 12.0. The second kappa shape index (κ2) is 15.8. The molecule has 0 bridgehead atoms. The lowest BCUT2D eigenvalue weighted by atomic mass is 9.73. The Hall–Kier alpha value is -2.42. The summed E-state index contributed by atoms with van der Waals surface area (Å²) in [4.78, 5) is 88.6. The van der Waals surface area contributed by atoms with Crippen LogP contribution in [0.3, 0.4) is 0 Å². The van der Waals surface area contributed by atoms with Gasteiger partial charge < -0.3 is 15.1 Å². The zero-order valence-electron chi connectivity index (χ0n) is 34.7. The van der Waals surface area contributed by atoms with Crippen molar-refractivity contribution < 1.29 is 28.8 Å². The predicted molar refractivity (Wildman–Crippen MR) is 209 cm³/mol. The van der Waals surface area contributed by atoms with Gasteiger partial charge in [0, 0.05) is 49.6 Å². The van der Waals surface area contributed by atoms with Crippen LogP contribution < -0.4 is 5.32 Å². The standard InChI is InChI=1S/C45H71N3O6/c1-8-14-31(38(52)36(50)23-29-18-19-29)24-35(49)34-26-45(43(5,6)44(45)20-13-21-44)28-48(34)41(54)33(30-15-10-9-11-16-30)25-37(51)39(42(2,3)4)46-40(53)32-17-12-22-47(7)27-32/h29-34,39H,8-28H2,1-7H3,(H,46,53)/t31-,32+,33+,34+,39-,45-/m1/s1. The van der Waals surface area contributed by atoms with Gasteiger partial charge in [-0.25, -0.2) is 0 Å². The van der Waals surface area contributed by atoms with Crippen LogP contribution in [-0.4, -0.2) is 83.5 Å². The summed E-state index contributed by atoms with van der Waals surface area (Å²) in [5, 5.41) is 3.17. The van der Waals surface area contributed by atoms with Gasteiger partial charge in [-0.3, -0.25) is 28.8 Å². The summed E-state index contributed by atoms with van der Waals surface area (Å²) >= 11 is 0. The van der Waals surface area contributed by atoms with Crippen LogP contribution in [0.1, 0.15) is 157 Å². The summed E-state index contributed by atoms with van der Waals surface area (Å²) < 4.78 is 0. The van der Waals surface area contributed by atoms with Gasteiger partial charge in [-0.05, 0) is 106 Å². The number of carbonyl (C=O) groups excluding carboxylic acids is 6. The van der Waals surface area contributed by atoms with Gasteiger partial charge in [-0.15, -0.1) is 0 Å². The van der Waals surface area contributed by atoms with Gasteiger partial charge in [0.15, 0.2) is 17.3 Å². The number of amides is 2. The fraction of sp³-hybridized carbons (Fsp3) is 0.867. The van der Waals surface area contributed by atoms with Crippen molar-refractivity contribution in [3.05, 3.63) is 0 Å². The van der Waals surface area contributed by atoms with E-state index >= 15 is 4.79 Å². The molecule has 2 amide bonds. The molecule has 4 saturated carbocycles. The van der Waals surface area contributed by atoms with E-state index in [0.717, 1.165) is 83.6 Å². The minimum atomic E-state index is -0.729. The molecule has 9 heteroatoms. The second-order valence-corrected chi connectivity index (χ2v) is 20.5. The molecule has 0 unspecified atom stereocenters. The molecule has 0 radical (unpaired) electrons. The van der Waals surface area contributed by atoms with Crippen molar-refractivity contribution in [3.8, 4) is 0 Å². The van der Waals surface area contributed by atoms with E-state index in [1.807, 2.05) is 39.6 Å². The molecule has 6 aliphatic rings. The highest BCUT2D eigenvalue weighted by molar-refractivity contribution is 6.38. The molecular formula is C45H71N3O6. The highest BCUT2D eigenvalue weighted by Crippen LogP contribution is 2.88. The highest BCUT2D eigenvalue weighted by Gasteiger charge is 2.85. The molecule has 1 N–H and O–H groups in total. The van der Waals surface area contributed by atoms with Crippen molar-refractivity contribution in [3.63, 3.8) is 0 Å². The number of ketones is 4. The number of hydrogen-bond donors (Lipinski definition) is 1. The van der Waals surface area contributed by atoms with Crippen molar-refractivity contribution in [2.75, 3.05) is 26.7 Å². The van der Waals surface area contributed by atoms with Crippen LogP contribution >= 0.6 is 0 Å². The van der Waals surface area contributed by atoms with E-state index in [1.54, 1.807) is 0 Å². The third-order valence-corrected chi connectivity index (χ3v) is 15.8. The Balaban J connectivity index is 1.27. The third kappa shape index (κ3) is 7.79. The van der Waals surface area contributed by atoms with Gasteiger partial charge in [0.1, 0.15) is 0 Å². The fourth-order valence-electron chi connectivity index (χ4n) is 12.0. The number of likely N-dealkylation sites (tertiary alicyclic amines) is 2. The molecule has 6 atom stereocenters. The molecule has 0 aromatic carbocycles. The van der Waals surface area contributed by atoms with E-state index in [4.69, 9.17) is 0 Å². The maximum Gasteiger partial charge on any atom is 0.227 e. The molecule has 2 spiro atoms. The van der Waals surface area contributed by atoms with E-state index < -0.39 is 35.1 Å². The maximum atomic E-state index is 15.3. The van der Waals surface area contributed by atoms with E-state index in [0.29, 0.717) is 38.3 Å². The molecule has 54 heavy (non-hydrogen) atoms. The third-order valence-electron chi connectivity index (χ3n) is 15.8. The van der Waals surface area contributed by atoms with Crippen LogP contribution in [0.5, 0.6) is 0 Å². The average molecular weight is 750 g/mol. The minimum absolute atomic E-state index is 0.0114. The molecule has 6 fully saturated rings. The summed E-state index contributed by atoms with van der Waals surface area (Å²) in [6.07, 6.45) is 14.0. The topological polar surface area (TPSA) is 121 Å². The first-order chi connectivity index (χ1) is 25.5. The molecule has 0 aromatic rings. The average Bonchev–Trinajstić information content (AvgIpc) is 3.93. The molecule has 0 aromatic heterocycles. The lowest BCUT2D eigenvalue weighted by molar-refractivity contribution is -0.146. The molecular weight excluding hydrogens is 679 g/mol. The first kappa shape index (κ1) is 41.2. The van der Waals surface area contributed by atoms with E-state index in [1.165, 1.54) is 0 Å². The van der Waals surface area contributed by atoms with Crippen LogP contribution in [0.25, 0.3) is 0 Å². The number of rotatable bonds is 16. The lowest BCUT2D eigenvalue weighted by Gasteiger charge is -2.37. The Kier molecular flexibility index (Phi) is 12.1. The first-order valence-corrected chi connectivity index (χ1v) is 21.9.